The number of benzene rings is 1. The molecule has 1 aliphatic rings. The lowest BCUT2D eigenvalue weighted by Crippen LogP contribution is -2.37. The third-order valence-electron chi connectivity index (χ3n) is 3.30. The van der Waals surface area contributed by atoms with Gasteiger partial charge in [0.1, 0.15) is 4.90 Å². The molecule has 1 aromatic rings. The van der Waals surface area contributed by atoms with Crippen LogP contribution in [0.25, 0.3) is 0 Å². The molecule has 0 aromatic heterocycles. The summed E-state index contributed by atoms with van der Waals surface area (Å²) in [4.78, 5) is 23.6. The minimum Gasteiger partial charge on any atom is -0.449 e. The monoisotopic (exact) mass is 360 g/mol. The molecule has 1 saturated carbocycles. The van der Waals surface area contributed by atoms with Crippen LogP contribution in [0.4, 0.5) is 0 Å². The van der Waals surface area contributed by atoms with Crippen LogP contribution in [0.2, 0.25) is 5.02 Å². The quantitative estimate of drug-likeness (QED) is 0.739. The summed E-state index contributed by atoms with van der Waals surface area (Å²) >= 11 is 5.85. The average molecular weight is 361 g/mol. The minimum absolute atomic E-state index is 0.00528. The third kappa shape index (κ3) is 4.43. The summed E-state index contributed by atoms with van der Waals surface area (Å²) in [5.41, 5.74) is -0.00528. The number of carbonyl (C=O) groups is 2. The van der Waals surface area contributed by atoms with Gasteiger partial charge in [-0.2, -0.15) is 0 Å². The Morgan fingerprint density at radius 2 is 2.00 bits per heavy atom. The zero-order valence-electron chi connectivity index (χ0n) is 12.6. The van der Waals surface area contributed by atoms with Crippen molar-refractivity contribution in [2.45, 2.75) is 36.8 Å². The van der Waals surface area contributed by atoms with Gasteiger partial charge in [-0.25, -0.2) is 17.9 Å². The Labute approximate surface area is 139 Å². The van der Waals surface area contributed by atoms with Crippen molar-refractivity contribution in [3.63, 3.8) is 0 Å². The lowest BCUT2D eigenvalue weighted by molar-refractivity contribution is -0.129. The highest BCUT2D eigenvalue weighted by Crippen LogP contribution is 2.23. The van der Waals surface area contributed by atoms with Gasteiger partial charge in [-0.3, -0.25) is 4.79 Å². The molecule has 7 nitrogen and oxygen atoms in total. The third-order valence-corrected chi connectivity index (χ3v) is 5.20. The molecule has 0 bridgehead atoms. The number of esters is 1. The number of rotatable bonds is 6. The Hall–Kier alpha value is -1.64. The van der Waals surface area contributed by atoms with Gasteiger partial charge in [0.2, 0.25) is 10.0 Å². The van der Waals surface area contributed by atoms with Gasteiger partial charge in [-0.05, 0) is 45.0 Å². The van der Waals surface area contributed by atoms with Crippen LogP contribution in [0.1, 0.15) is 30.1 Å². The Kier molecular flexibility index (Phi) is 5.28. The van der Waals surface area contributed by atoms with Crippen molar-refractivity contribution < 1.29 is 22.7 Å². The fourth-order valence-corrected chi connectivity index (χ4v) is 3.02. The van der Waals surface area contributed by atoms with Crippen LogP contribution >= 0.6 is 11.6 Å². The van der Waals surface area contributed by atoms with Crippen molar-refractivity contribution >= 4 is 33.5 Å². The molecule has 0 saturated heterocycles. The summed E-state index contributed by atoms with van der Waals surface area (Å²) in [5.74, 6) is -1.18. The summed E-state index contributed by atoms with van der Waals surface area (Å²) in [5, 5.41) is 2.70. The molecule has 2 rings (SSSR count). The van der Waals surface area contributed by atoms with E-state index in [1.807, 2.05) is 0 Å². The average Bonchev–Trinajstić information content (AvgIpc) is 3.31. The van der Waals surface area contributed by atoms with Crippen LogP contribution in [0.5, 0.6) is 0 Å². The van der Waals surface area contributed by atoms with E-state index < -0.39 is 22.1 Å². The molecule has 1 amide bonds. The normalized spacial score (nSPS) is 15.8. The van der Waals surface area contributed by atoms with Crippen molar-refractivity contribution in [3.8, 4) is 0 Å². The first kappa shape index (κ1) is 17.7. The second kappa shape index (κ2) is 6.86. The summed E-state index contributed by atoms with van der Waals surface area (Å²) in [6.07, 6.45) is 0.882. The summed E-state index contributed by atoms with van der Waals surface area (Å²) in [6, 6.07) is 3.90. The van der Waals surface area contributed by atoms with Gasteiger partial charge >= 0.3 is 5.97 Å². The number of hydrogen-bond acceptors (Lipinski definition) is 5. The van der Waals surface area contributed by atoms with E-state index >= 15 is 0 Å². The van der Waals surface area contributed by atoms with Gasteiger partial charge < -0.3 is 10.1 Å². The van der Waals surface area contributed by atoms with E-state index in [-0.39, 0.29) is 27.4 Å². The maximum absolute atomic E-state index is 12.1. The SMILES string of the molecule is CNS(=O)(=O)c1cc(C(=O)O[C@H](C)C(=O)NC2CC2)ccc1Cl. The summed E-state index contributed by atoms with van der Waals surface area (Å²) < 4.78 is 30.9. The second-order valence-electron chi connectivity index (χ2n) is 5.18. The molecular formula is C14H17ClN2O5S. The van der Waals surface area contributed by atoms with E-state index in [1.165, 1.54) is 26.1 Å². The second-order valence-corrected chi connectivity index (χ2v) is 7.45. The number of hydrogen-bond donors (Lipinski definition) is 2. The lowest BCUT2D eigenvalue weighted by atomic mass is 10.2. The van der Waals surface area contributed by atoms with Crippen molar-refractivity contribution in [1.82, 2.24) is 10.0 Å². The van der Waals surface area contributed by atoms with Crippen LogP contribution in [0, 0.1) is 0 Å². The van der Waals surface area contributed by atoms with Crippen LogP contribution in [0.15, 0.2) is 23.1 Å². The Balaban J connectivity index is 2.13. The maximum Gasteiger partial charge on any atom is 0.338 e. The van der Waals surface area contributed by atoms with E-state index in [4.69, 9.17) is 16.3 Å². The van der Waals surface area contributed by atoms with Crippen LogP contribution in [-0.4, -0.2) is 39.5 Å². The number of amides is 1. The van der Waals surface area contributed by atoms with Crippen molar-refractivity contribution in [2.24, 2.45) is 0 Å². The molecule has 1 atom stereocenters. The smallest absolute Gasteiger partial charge is 0.338 e. The Bertz CT molecular complexity index is 731. The molecule has 2 N–H and O–H groups in total. The van der Waals surface area contributed by atoms with Gasteiger partial charge in [-0.1, -0.05) is 11.6 Å². The molecule has 0 heterocycles. The lowest BCUT2D eigenvalue weighted by Gasteiger charge is -2.14. The van der Waals surface area contributed by atoms with E-state index in [1.54, 1.807) is 0 Å². The first-order chi connectivity index (χ1) is 10.7. The molecule has 1 fully saturated rings. The Morgan fingerprint density at radius 1 is 1.35 bits per heavy atom. The standard InChI is InChI=1S/C14H17ClN2O5S/c1-8(13(18)17-10-4-5-10)22-14(19)9-3-6-11(15)12(7-9)23(20,21)16-2/h3,6-8,10,16H,4-5H2,1-2H3,(H,17,18)/t8-/m1/s1. The molecule has 0 unspecified atom stereocenters. The molecule has 1 aromatic carbocycles. The van der Waals surface area contributed by atoms with Crippen LogP contribution in [0.3, 0.4) is 0 Å². The van der Waals surface area contributed by atoms with E-state index in [2.05, 4.69) is 10.0 Å². The highest BCUT2D eigenvalue weighted by atomic mass is 35.5. The van der Waals surface area contributed by atoms with Crippen molar-refractivity contribution in [3.05, 3.63) is 28.8 Å². The Morgan fingerprint density at radius 3 is 2.57 bits per heavy atom. The van der Waals surface area contributed by atoms with Crippen molar-refractivity contribution in [1.29, 1.82) is 0 Å². The van der Waals surface area contributed by atoms with Gasteiger partial charge in [0.05, 0.1) is 10.6 Å². The number of nitrogens with one attached hydrogen (secondary N) is 2. The largest absolute Gasteiger partial charge is 0.449 e. The molecular weight excluding hydrogens is 344 g/mol. The molecule has 0 radical (unpaired) electrons. The van der Waals surface area contributed by atoms with Gasteiger partial charge in [-0.15, -0.1) is 0 Å². The van der Waals surface area contributed by atoms with Crippen molar-refractivity contribution in [2.75, 3.05) is 7.05 Å². The number of halogens is 1. The number of ether oxygens (including phenoxy) is 1. The molecule has 126 valence electrons. The molecule has 1 aliphatic carbocycles. The molecule has 0 aliphatic heterocycles. The zero-order chi connectivity index (χ0) is 17.2. The van der Waals surface area contributed by atoms with E-state index in [9.17, 15) is 18.0 Å². The molecule has 23 heavy (non-hydrogen) atoms. The number of sulfonamides is 1. The number of carbonyl (C=O) groups excluding carboxylic acids is 2. The predicted octanol–water partition coefficient (Wildman–Crippen LogP) is 1.07. The van der Waals surface area contributed by atoms with Gasteiger partial charge in [0.25, 0.3) is 5.91 Å². The van der Waals surface area contributed by atoms with Crippen LogP contribution < -0.4 is 10.0 Å². The zero-order valence-corrected chi connectivity index (χ0v) is 14.2. The highest BCUT2D eigenvalue weighted by molar-refractivity contribution is 7.89. The predicted molar refractivity (Wildman–Crippen MR) is 83.7 cm³/mol. The first-order valence-corrected chi connectivity index (χ1v) is 8.85. The fraction of sp³-hybridized carbons (Fsp3) is 0.429. The first-order valence-electron chi connectivity index (χ1n) is 6.99. The highest BCUT2D eigenvalue weighted by Gasteiger charge is 2.28. The maximum atomic E-state index is 12.1. The summed E-state index contributed by atoms with van der Waals surface area (Å²) in [7, 11) is -2.57. The molecule has 0 spiro atoms. The van der Waals surface area contributed by atoms with Gasteiger partial charge in [0.15, 0.2) is 6.10 Å². The van der Waals surface area contributed by atoms with Gasteiger partial charge in [0, 0.05) is 6.04 Å². The van der Waals surface area contributed by atoms with E-state index in [0.29, 0.717) is 0 Å². The fourth-order valence-electron chi connectivity index (χ4n) is 1.77. The topological polar surface area (TPSA) is 102 Å². The van der Waals surface area contributed by atoms with E-state index in [0.717, 1.165) is 18.9 Å². The molecule has 9 heteroatoms. The van der Waals surface area contributed by atoms with Crippen LogP contribution in [-0.2, 0) is 19.6 Å². The summed E-state index contributed by atoms with van der Waals surface area (Å²) in [6.45, 7) is 1.46. The minimum atomic E-state index is -3.81.